The molecule has 0 atom stereocenters. The minimum atomic E-state index is -4.04. The summed E-state index contributed by atoms with van der Waals surface area (Å²) >= 11 is 0. The lowest BCUT2D eigenvalue weighted by molar-refractivity contribution is 0.0600. The van der Waals surface area contributed by atoms with Crippen molar-refractivity contribution in [3.63, 3.8) is 0 Å². The highest BCUT2D eigenvalue weighted by Gasteiger charge is 2.20. The number of para-hydroxylation sites is 1. The maximum absolute atomic E-state index is 13.1. The summed E-state index contributed by atoms with van der Waals surface area (Å²) in [5, 5.41) is 3.33. The van der Waals surface area contributed by atoms with Gasteiger partial charge in [0.25, 0.3) is 15.9 Å². The maximum Gasteiger partial charge on any atom is 0.337 e. The fraction of sp³-hybridized carbons (Fsp3) is 0.0870. The van der Waals surface area contributed by atoms with Crippen LogP contribution in [0.3, 0.4) is 0 Å². The Morgan fingerprint density at radius 2 is 1.88 bits per heavy atom. The lowest BCUT2D eigenvalue weighted by Gasteiger charge is -2.13. The van der Waals surface area contributed by atoms with Gasteiger partial charge >= 0.3 is 5.97 Å². The third-order valence-corrected chi connectivity index (χ3v) is 6.16. The number of benzene rings is 2. The fourth-order valence-electron chi connectivity index (χ4n) is 3.27. The minimum absolute atomic E-state index is 0.00302. The van der Waals surface area contributed by atoms with Gasteiger partial charge in [-0.2, -0.15) is 0 Å². The number of hydrogen-bond donors (Lipinski definition) is 2. The Morgan fingerprint density at radius 3 is 2.64 bits per heavy atom. The quantitative estimate of drug-likeness (QED) is 0.401. The molecule has 9 nitrogen and oxygen atoms in total. The Bertz CT molecular complexity index is 1430. The average Bonchev–Trinajstić information content (AvgIpc) is 3.36. The number of ether oxygens (including phenoxy) is 1. The van der Waals surface area contributed by atoms with Gasteiger partial charge in [-0.1, -0.05) is 18.2 Å². The Labute approximate surface area is 189 Å². The Hall–Kier alpha value is -4.18. The van der Waals surface area contributed by atoms with Crippen molar-refractivity contribution in [1.82, 2.24) is 10.3 Å². The molecule has 2 N–H and O–H groups in total. The van der Waals surface area contributed by atoms with Crippen molar-refractivity contribution >= 4 is 38.5 Å². The summed E-state index contributed by atoms with van der Waals surface area (Å²) < 4.78 is 38.6. The highest BCUT2D eigenvalue weighted by molar-refractivity contribution is 7.93. The molecular weight excluding hydrogens is 446 g/mol. The van der Waals surface area contributed by atoms with Crippen molar-refractivity contribution in [1.29, 1.82) is 0 Å². The average molecular weight is 465 g/mol. The van der Waals surface area contributed by atoms with Gasteiger partial charge in [-0.05, 0) is 48.0 Å². The number of anilines is 1. The van der Waals surface area contributed by atoms with Gasteiger partial charge in [0.2, 0.25) is 0 Å². The zero-order chi connectivity index (χ0) is 23.4. The number of carbonyl (C=O) groups is 2. The molecule has 0 bridgehead atoms. The molecule has 2 heterocycles. The normalized spacial score (nSPS) is 11.2. The second-order valence-electron chi connectivity index (χ2n) is 7.01. The molecule has 10 heteroatoms. The van der Waals surface area contributed by atoms with E-state index in [2.05, 4.69) is 15.0 Å². The molecule has 2 aromatic heterocycles. The Morgan fingerprint density at radius 1 is 1.06 bits per heavy atom. The van der Waals surface area contributed by atoms with Gasteiger partial charge in [0.05, 0.1) is 30.1 Å². The summed E-state index contributed by atoms with van der Waals surface area (Å²) in [5.41, 5.74) is 1.05. The van der Waals surface area contributed by atoms with E-state index < -0.39 is 21.9 Å². The molecule has 4 aromatic rings. The number of amides is 1. The first-order chi connectivity index (χ1) is 15.9. The number of sulfonamides is 1. The van der Waals surface area contributed by atoms with Gasteiger partial charge in [0, 0.05) is 18.1 Å². The number of aromatic nitrogens is 1. The standard InChI is InChI=1S/C23H19N3O6S/c1-31-23(28)17-11-15(14-25-22(27)19-7-4-10-32-19)12-18(13-17)26-33(29,30)20-8-2-5-16-6-3-9-24-21(16)20/h2-13,26H,14H2,1H3,(H,25,27). The van der Waals surface area contributed by atoms with Crippen molar-refractivity contribution < 1.29 is 27.2 Å². The van der Waals surface area contributed by atoms with E-state index in [1.54, 1.807) is 30.3 Å². The van der Waals surface area contributed by atoms with Gasteiger partial charge in [0.1, 0.15) is 4.90 Å². The zero-order valence-corrected chi connectivity index (χ0v) is 18.3. The number of furan rings is 1. The first-order valence-electron chi connectivity index (χ1n) is 9.78. The van der Waals surface area contributed by atoms with Gasteiger partial charge in [-0.25, -0.2) is 13.2 Å². The number of carbonyl (C=O) groups excluding carboxylic acids is 2. The Balaban J connectivity index is 1.65. The van der Waals surface area contributed by atoms with Crippen LogP contribution in [0.15, 0.2) is 82.4 Å². The topological polar surface area (TPSA) is 128 Å². The lowest BCUT2D eigenvalue weighted by atomic mass is 10.1. The van der Waals surface area contributed by atoms with Crippen LogP contribution >= 0.6 is 0 Å². The van der Waals surface area contributed by atoms with Crippen LogP contribution in [0.25, 0.3) is 10.9 Å². The molecule has 4 rings (SSSR count). The molecule has 168 valence electrons. The molecule has 33 heavy (non-hydrogen) atoms. The van der Waals surface area contributed by atoms with E-state index in [4.69, 9.17) is 9.15 Å². The molecule has 0 unspecified atom stereocenters. The summed E-state index contributed by atoms with van der Waals surface area (Å²) in [6, 6.07) is 15.8. The number of nitrogens with zero attached hydrogens (tertiary/aromatic N) is 1. The molecule has 1 amide bonds. The van der Waals surface area contributed by atoms with E-state index in [1.807, 2.05) is 0 Å². The van der Waals surface area contributed by atoms with Crippen molar-refractivity contribution in [3.8, 4) is 0 Å². The van der Waals surface area contributed by atoms with Crippen molar-refractivity contribution in [2.75, 3.05) is 11.8 Å². The van der Waals surface area contributed by atoms with Crippen LogP contribution in [0.2, 0.25) is 0 Å². The number of methoxy groups -OCH3 is 1. The highest BCUT2D eigenvalue weighted by Crippen LogP contribution is 2.25. The second-order valence-corrected chi connectivity index (χ2v) is 8.66. The predicted octanol–water partition coefficient (Wildman–Crippen LogP) is 3.35. The van der Waals surface area contributed by atoms with E-state index in [0.717, 1.165) is 0 Å². The van der Waals surface area contributed by atoms with Gasteiger partial charge in [0.15, 0.2) is 5.76 Å². The molecule has 0 saturated heterocycles. The molecular formula is C23H19N3O6S. The summed E-state index contributed by atoms with van der Waals surface area (Å²) in [7, 11) is -2.82. The van der Waals surface area contributed by atoms with Crippen molar-refractivity contribution in [3.05, 3.63) is 90.0 Å². The fourth-order valence-corrected chi connectivity index (χ4v) is 4.49. The molecule has 2 aromatic carbocycles. The van der Waals surface area contributed by atoms with E-state index in [1.165, 1.54) is 49.9 Å². The number of rotatable bonds is 7. The molecule has 0 aliphatic rings. The smallest absolute Gasteiger partial charge is 0.337 e. The number of fused-ring (bicyclic) bond motifs is 1. The third-order valence-electron chi connectivity index (χ3n) is 4.75. The van der Waals surface area contributed by atoms with Crippen LogP contribution in [0.5, 0.6) is 0 Å². The summed E-state index contributed by atoms with van der Waals surface area (Å²) in [6.45, 7) is 0.0227. The van der Waals surface area contributed by atoms with Gasteiger partial charge in [-0.15, -0.1) is 0 Å². The highest BCUT2D eigenvalue weighted by atomic mass is 32.2. The Kier molecular flexibility index (Phi) is 6.09. The van der Waals surface area contributed by atoms with E-state index in [-0.39, 0.29) is 28.5 Å². The lowest BCUT2D eigenvalue weighted by Crippen LogP contribution is -2.22. The van der Waals surface area contributed by atoms with Crippen LogP contribution in [0.1, 0.15) is 26.5 Å². The van der Waals surface area contributed by atoms with E-state index in [9.17, 15) is 18.0 Å². The van der Waals surface area contributed by atoms with Crippen molar-refractivity contribution in [2.24, 2.45) is 0 Å². The third kappa shape index (κ3) is 4.85. The second kappa shape index (κ2) is 9.13. The molecule has 0 radical (unpaired) electrons. The molecule has 0 saturated carbocycles. The van der Waals surface area contributed by atoms with Crippen LogP contribution in [-0.2, 0) is 21.3 Å². The summed E-state index contributed by atoms with van der Waals surface area (Å²) in [6.07, 6.45) is 2.89. The molecule has 0 fully saturated rings. The van der Waals surface area contributed by atoms with E-state index in [0.29, 0.717) is 16.5 Å². The van der Waals surface area contributed by atoms with E-state index >= 15 is 0 Å². The predicted molar refractivity (Wildman–Crippen MR) is 120 cm³/mol. The van der Waals surface area contributed by atoms with Crippen LogP contribution < -0.4 is 10.0 Å². The molecule has 0 spiro atoms. The SMILES string of the molecule is COC(=O)c1cc(CNC(=O)c2ccco2)cc(NS(=O)(=O)c2cccc3cccnc23)c1. The minimum Gasteiger partial charge on any atom is -0.465 e. The number of nitrogens with one attached hydrogen (secondary N) is 2. The van der Waals surface area contributed by atoms with Crippen LogP contribution in [0, 0.1) is 0 Å². The first-order valence-corrected chi connectivity index (χ1v) is 11.3. The first kappa shape index (κ1) is 22.0. The number of esters is 1. The zero-order valence-electron chi connectivity index (χ0n) is 17.4. The van der Waals surface area contributed by atoms with Crippen LogP contribution in [0.4, 0.5) is 5.69 Å². The molecule has 0 aliphatic carbocycles. The maximum atomic E-state index is 13.1. The summed E-state index contributed by atoms with van der Waals surface area (Å²) in [4.78, 5) is 28.5. The largest absolute Gasteiger partial charge is 0.465 e. The molecule has 0 aliphatic heterocycles. The van der Waals surface area contributed by atoms with Gasteiger partial charge in [-0.3, -0.25) is 14.5 Å². The number of hydrogen-bond acceptors (Lipinski definition) is 7. The van der Waals surface area contributed by atoms with Crippen molar-refractivity contribution in [2.45, 2.75) is 11.4 Å². The van der Waals surface area contributed by atoms with Gasteiger partial charge < -0.3 is 14.5 Å². The summed E-state index contributed by atoms with van der Waals surface area (Å²) in [5.74, 6) is -0.975. The monoisotopic (exact) mass is 465 g/mol. The number of pyridine rings is 1. The van der Waals surface area contributed by atoms with Crippen LogP contribution in [-0.4, -0.2) is 32.4 Å².